The molecule has 0 saturated heterocycles. The van der Waals surface area contributed by atoms with Gasteiger partial charge in [0.25, 0.3) is 5.69 Å². The van der Waals surface area contributed by atoms with Gasteiger partial charge in [-0.1, -0.05) is 11.6 Å². The van der Waals surface area contributed by atoms with Gasteiger partial charge in [0, 0.05) is 17.7 Å². The van der Waals surface area contributed by atoms with Gasteiger partial charge in [0.15, 0.2) is 0 Å². The first-order valence-corrected chi connectivity index (χ1v) is 3.48. The first kappa shape index (κ1) is 8.67. The molecule has 0 aliphatic carbocycles. The molecule has 62 valence electrons. The van der Waals surface area contributed by atoms with Crippen LogP contribution in [0.25, 0.3) is 0 Å². The summed E-state index contributed by atoms with van der Waals surface area (Å²) < 4.78 is 0. The minimum absolute atomic E-state index is 0.00309. The van der Waals surface area contributed by atoms with Crippen molar-refractivity contribution in [1.29, 1.82) is 5.41 Å². The smallest absolute Gasteiger partial charge is 0.269 e. The van der Waals surface area contributed by atoms with E-state index in [4.69, 9.17) is 17.0 Å². The predicted molar refractivity (Wildman–Crippen MR) is 45.8 cm³/mol. The van der Waals surface area contributed by atoms with Crippen LogP contribution in [-0.4, -0.2) is 10.1 Å². The van der Waals surface area contributed by atoms with Gasteiger partial charge in [0.2, 0.25) is 0 Å². The topological polar surface area (TPSA) is 67.0 Å². The first-order chi connectivity index (χ1) is 5.61. The van der Waals surface area contributed by atoms with Gasteiger partial charge < -0.3 is 0 Å². The SMILES string of the molecule is N=C(Cl)c1ccc([N+](=O)[O-])cc1. The Morgan fingerprint density at radius 2 is 1.92 bits per heavy atom. The van der Waals surface area contributed by atoms with Crippen molar-refractivity contribution >= 4 is 22.5 Å². The Morgan fingerprint density at radius 3 is 2.25 bits per heavy atom. The highest BCUT2D eigenvalue weighted by atomic mass is 35.5. The van der Waals surface area contributed by atoms with Crippen LogP contribution in [0.5, 0.6) is 0 Å². The Morgan fingerprint density at radius 1 is 1.42 bits per heavy atom. The Bertz CT molecular complexity index is 288. The maximum atomic E-state index is 10.2. The highest BCUT2D eigenvalue weighted by molar-refractivity contribution is 6.68. The van der Waals surface area contributed by atoms with Gasteiger partial charge in [-0.25, -0.2) is 0 Å². The van der Waals surface area contributed by atoms with Crippen LogP contribution < -0.4 is 0 Å². The third kappa shape index (κ3) is 1.79. The molecule has 4 nitrogen and oxygen atoms in total. The van der Waals surface area contributed by atoms with Gasteiger partial charge in [0.05, 0.1) is 4.92 Å². The summed E-state index contributed by atoms with van der Waals surface area (Å²) in [6.07, 6.45) is 0. The maximum Gasteiger partial charge on any atom is 0.269 e. The van der Waals surface area contributed by atoms with Gasteiger partial charge in [-0.05, 0) is 12.1 Å². The van der Waals surface area contributed by atoms with Crippen molar-refractivity contribution in [2.75, 3.05) is 0 Å². The molecular formula is C7H5ClN2O2. The number of nitrogens with one attached hydrogen (secondary N) is 1. The molecule has 0 heterocycles. The average Bonchev–Trinajstić information content (AvgIpc) is 2.04. The minimum Gasteiger partial charge on any atom is -0.289 e. The van der Waals surface area contributed by atoms with Crippen LogP contribution in [0, 0.1) is 15.5 Å². The number of non-ortho nitro benzene ring substituents is 1. The molecule has 1 rings (SSSR count). The van der Waals surface area contributed by atoms with Crippen LogP contribution in [0.15, 0.2) is 24.3 Å². The lowest BCUT2D eigenvalue weighted by Gasteiger charge is -1.94. The molecule has 0 aliphatic heterocycles. The first-order valence-electron chi connectivity index (χ1n) is 3.10. The van der Waals surface area contributed by atoms with Crippen LogP contribution in [0.4, 0.5) is 5.69 Å². The van der Waals surface area contributed by atoms with Crippen LogP contribution in [-0.2, 0) is 0 Å². The molecule has 1 N–H and O–H groups in total. The molecule has 0 amide bonds. The molecular weight excluding hydrogens is 180 g/mol. The summed E-state index contributed by atoms with van der Waals surface area (Å²) in [6, 6.07) is 5.50. The fourth-order valence-corrected chi connectivity index (χ4v) is 0.855. The molecule has 0 bridgehead atoms. The lowest BCUT2D eigenvalue weighted by atomic mass is 10.2. The molecule has 0 fully saturated rings. The van der Waals surface area contributed by atoms with E-state index in [0.29, 0.717) is 5.56 Å². The normalized spacial score (nSPS) is 9.42. The number of halogens is 1. The Hall–Kier alpha value is -1.42. The van der Waals surface area contributed by atoms with Gasteiger partial charge in [0.1, 0.15) is 5.17 Å². The van der Waals surface area contributed by atoms with Crippen molar-refractivity contribution in [3.63, 3.8) is 0 Å². The van der Waals surface area contributed by atoms with Gasteiger partial charge >= 0.3 is 0 Å². The van der Waals surface area contributed by atoms with Gasteiger partial charge in [-0.15, -0.1) is 0 Å². The molecule has 0 spiro atoms. The van der Waals surface area contributed by atoms with E-state index in [1.54, 1.807) is 0 Å². The van der Waals surface area contributed by atoms with Gasteiger partial charge in [-0.2, -0.15) is 0 Å². The molecule has 5 heteroatoms. The number of hydrogen-bond acceptors (Lipinski definition) is 3. The van der Waals surface area contributed by atoms with Crippen molar-refractivity contribution in [1.82, 2.24) is 0 Å². The third-order valence-electron chi connectivity index (χ3n) is 1.33. The summed E-state index contributed by atoms with van der Waals surface area (Å²) >= 11 is 5.35. The molecule has 1 aromatic carbocycles. The largest absolute Gasteiger partial charge is 0.289 e. The third-order valence-corrected chi connectivity index (χ3v) is 1.55. The second-order valence-electron chi connectivity index (χ2n) is 2.12. The number of nitrogens with zero attached hydrogens (tertiary/aromatic N) is 1. The summed E-state index contributed by atoms with van der Waals surface area (Å²) in [5.41, 5.74) is 0.471. The average molecular weight is 185 g/mol. The predicted octanol–water partition coefficient (Wildman–Crippen LogP) is 2.16. The summed E-state index contributed by atoms with van der Waals surface area (Å²) in [5, 5.41) is 17.1. The van der Waals surface area contributed by atoms with E-state index in [9.17, 15) is 10.1 Å². The second kappa shape index (κ2) is 3.32. The van der Waals surface area contributed by atoms with Crippen molar-refractivity contribution in [2.45, 2.75) is 0 Å². The van der Waals surface area contributed by atoms with Crippen molar-refractivity contribution in [3.8, 4) is 0 Å². The standard InChI is InChI=1S/C7H5ClN2O2/c8-7(9)5-1-3-6(4-2-5)10(11)12/h1-4,9H. The lowest BCUT2D eigenvalue weighted by Crippen LogP contribution is -1.91. The van der Waals surface area contributed by atoms with E-state index in [2.05, 4.69) is 0 Å². The quantitative estimate of drug-likeness (QED) is 0.435. The molecule has 0 atom stereocenters. The zero-order valence-electron chi connectivity index (χ0n) is 5.95. The van der Waals surface area contributed by atoms with Crippen LogP contribution >= 0.6 is 11.6 Å². The number of nitro groups is 1. The highest BCUT2D eigenvalue weighted by Crippen LogP contribution is 2.12. The summed E-state index contributed by atoms with van der Waals surface area (Å²) in [5.74, 6) is 0. The Kier molecular flexibility index (Phi) is 2.40. The summed E-state index contributed by atoms with van der Waals surface area (Å²) in [6.45, 7) is 0. The van der Waals surface area contributed by atoms with E-state index < -0.39 is 4.92 Å². The molecule has 0 aliphatic rings. The number of hydrogen-bond donors (Lipinski definition) is 1. The van der Waals surface area contributed by atoms with E-state index in [1.807, 2.05) is 0 Å². The molecule has 0 unspecified atom stereocenters. The summed E-state index contributed by atoms with van der Waals surface area (Å²) in [4.78, 5) is 9.70. The lowest BCUT2D eigenvalue weighted by molar-refractivity contribution is -0.384. The fourth-order valence-electron chi connectivity index (χ4n) is 0.729. The van der Waals surface area contributed by atoms with E-state index in [-0.39, 0.29) is 10.9 Å². The van der Waals surface area contributed by atoms with E-state index in [1.165, 1.54) is 24.3 Å². The molecule has 0 radical (unpaired) electrons. The van der Waals surface area contributed by atoms with Crippen molar-refractivity contribution in [3.05, 3.63) is 39.9 Å². The van der Waals surface area contributed by atoms with Crippen molar-refractivity contribution in [2.24, 2.45) is 0 Å². The number of nitro benzene ring substituents is 1. The Balaban J connectivity index is 3.01. The fraction of sp³-hybridized carbons (Fsp3) is 0. The molecule has 0 aromatic heterocycles. The molecule has 12 heavy (non-hydrogen) atoms. The highest BCUT2D eigenvalue weighted by Gasteiger charge is 2.04. The van der Waals surface area contributed by atoms with Crippen LogP contribution in [0.2, 0.25) is 0 Å². The van der Waals surface area contributed by atoms with Crippen molar-refractivity contribution < 1.29 is 4.92 Å². The minimum atomic E-state index is -0.498. The van der Waals surface area contributed by atoms with Gasteiger partial charge in [-0.3, -0.25) is 15.5 Å². The monoisotopic (exact) mass is 184 g/mol. The van der Waals surface area contributed by atoms with E-state index in [0.717, 1.165) is 0 Å². The number of rotatable bonds is 2. The molecule has 1 aromatic rings. The number of benzene rings is 1. The molecule has 0 saturated carbocycles. The van der Waals surface area contributed by atoms with Crippen LogP contribution in [0.3, 0.4) is 0 Å². The second-order valence-corrected chi connectivity index (χ2v) is 2.50. The zero-order valence-corrected chi connectivity index (χ0v) is 6.71. The van der Waals surface area contributed by atoms with E-state index >= 15 is 0 Å². The summed E-state index contributed by atoms with van der Waals surface area (Å²) in [7, 11) is 0. The van der Waals surface area contributed by atoms with Crippen LogP contribution in [0.1, 0.15) is 5.56 Å². The zero-order chi connectivity index (χ0) is 9.14. The Labute approximate surface area is 73.4 Å². The maximum absolute atomic E-state index is 10.2.